The standard InChI is InChI=1S/C13H14ClN3O/c1-9-5-12(14)11(7-16-9)13(18)17-4-2-3-10(6-15)8-17/h5,7,10H,2-4,8H2,1H3. The maximum absolute atomic E-state index is 12.3. The quantitative estimate of drug-likeness (QED) is 0.782. The average Bonchev–Trinajstić information content (AvgIpc) is 2.38. The highest BCUT2D eigenvalue weighted by atomic mass is 35.5. The summed E-state index contributed by atoms with van der Waals surface area (Å²) >= 11 is 6.06. The van der Waals surface area contributed by atoms with Crippen molar-refractivity contribution in [1.29, 1.82) is 5.26 Å². The zero-order valence-electron chi connectivity index (χ0n) is 10.2. The van der Waals surface area contributed by atoms with Crippen LogP contribution in [0.3, 0.4) is 0 Å². The van der Waals surface area contributed by atoms with Crippen molar-refractivity contribution in [3.63, 3.8) is 0 Å². The Labute approximate surface area is 111 Å². The second kappa shape index (κ2) is 5.36. The molecule has 0 N–H and O–H groups in total. The van der Waals surface area contributed by atoms with E-state index in [4.69, 9.17) is 16.9 Å². The van der Waals surface area contributed by atoms with E-state index >= 15 is 0 Å². The lowest BCUT2D eigenvalue weighted by Gasteiger charge is -2.29. The lowest BCUT2D eigenvalue weighted by Crippen LogP contribution is -2.39. The highest BCUT2D eigenvalue weighted by molar-refractivity contribution is 6.33. The van der Waals surface area contributed by atoms with Gasteiger partial charge in [-0.1, -0.05) is 11.6 Å². The summed E-state index contributed by atoms with van der Waals surface area (Å²) in [6.45, 7) is 2.99. The van der Waals surface area contributed by atoms with Crippen LogP contribution in [0.15, 0.2) is 12.3 Å². The third-order valence-electron chi connectivity index (χ3n) is 3.11. The van der Waals surface area contributed by atoms with Crippen molar-refractivity contribution >= 4 is 17.5 Å². The molecule has 0 aromatic carbocycles. The molecular formula is C13H14ClN3O. The van der Waals surface area contributed by atoms with E-state index in [1.54, 1.807) is 11.0 Å². The van der Waals surface area contributed by atoms with Crippen molar-refractivity contribution in [2.45, 2.75) is 19.8 Å². The molecule has 1 unspecified atom stereocenters. The van der Waals surface area contributed by atoms with Gasteiger partial charge in [0.15, 0.2) is 0 Å². The molecule has 18 heavy (non-hydrogen) atoms. The van der Waals surface area contributed by atoms with Gasteiger partial charge in [0.25, 0.3) is 5.91 Å². The monoisotopic (exact) mass is 263 g/mol. The fourth-order valence-corrected chi connectivity index (χ4v) is 2.41. The maximum Gasteiger partial charge on any atom is 0.256 e. The van der Waals surface area contributed by atoms with Crippen LogP contribution in [0.2, 0.25) is 5.02 Å². The molecule has 4 nitrogen and oxygen atoms in total. The van der Waals surface area contributed by atoms with Gasteiger partial charge in [0, 0.05) is 25.0 Å². The minimum Gasteiger partial charge on any atom is -0.337 e. The minimum atomic E-state index is -0.132. The summed E-state index contributed by atoms with van der Waals surface area (Å²) in [5.74, 6) is -0.202. The van der Waals surface area contributed by atoms with Crippen molar-refractivity contribution in [2.75, 3.05) is 13.1 Å². The number of hydrogen-bond acceptors (Lipinski definition) is 3. The number of aryl methyl sites for hydroxylation is 1. The molecule has 1 aromatic heterocycles. The van der Waals surface area contributed by atoms with Crippen LogP contribution in [-0.2, 0) is 0 Å². The van der Waals surface area contributed by atoms with Gasteiger partial charge in [-0.25, -0.2) is 0 Å². The van der Waals surface area contributed by atoms with Crippen LogP contribution in [0.5, 0.6) is 0 Å². The number of aromatic nitrogens is 1. The fraction of sp³-hybridized carbons (Fsp3) is 0.462. The third-order valence-corrected chi connectivity index (χ3v) is 3.42. The summed E-state index contributed by atoms with van der Waals surface area (Å²) < 4.78 is 0. The van der Waals surface area contributed by atoms with Gasteiger partial charge in [-0.3, -0.25) is 9.78 Å². The fourth-order valence-electron chi connectivity index (χ4n) is 2.12. The smallest absolute Gasteiger partial charge is 0.256 e. The number of amides is 1. The van der Waals surface area contributed by atoms with Gasteiger partial charge in [0.1, 0.15) is 0 Å². The summed E-state index contributed by atoms with van der Waals surface area (Å²) in [7, 11) is 0. The molecule has 0 bridgehead atoms. The lowest BCUT2D eigenvalue weighted by atomic mass is 9.99. The molecule has 1 aliphatic heterocycles. The number of pyridine rings is 1. The van der Waals surface area contributed by atoms with Crippen LogP contribution in [0.4, 0.5) is 0 Å². The average molecular weight is 264 g/mol. The number of likely N-dealkylation sites (tertiary alicyclic amines) is 1. The summed E-state index contributed by atoms with van der Waals surface area (Å²) in [5.41, 5.74) is 1.20. The molecule has 0 spiro atoms. The lowest BCUT2D eigenvalue weighted by molar-refractivity contribution is 0.0698. The minimum absolute atomic E-state index is 0.0696. The van der Waals surface area contributed by atoms with E-state index in [2.05, 4.69) is 11.1 Å². The summed E-state index contributed by atoms with van der Waals surface area (Å²) in [6, 6.07) is 3.90. The molecule has 0 saturated carbocycles. The number of piperidine rings is 1. The number of rotatable bonds is 1. The molecule has 0 aliphatic carbocycles. The number of nitriles is 1. The van der Waals surface area contributed by atoms with Gasteiger partial charge in [0.05, 0.1) is 22.6 Å². The van der Waals surface area contributed by atoms with Crippen LogP contribution < -0.4 is 0 Å². The first-order valence-electron chi connectivity index (χ1n) is 5.93. The molecule has 1 fully saturated rings. The Morgan fingerprint density at radius 1 is 1.67 bits per heavy atom. The molecule has 1 aromatic rings. The van der Waals surface area contributed by atoms with E-state index in [1.165, 1.54) is 6.20 Å². The number of carbonyl (C=O) groups excluding carboxylic acids is 1. The van der Waals surface area contributed by atoms with Crippen molar-refractivity contribution in [2.24, 2.45) is 5.92 Å². The van der Waals surface area contributed by atoms with E-state index in [-0.39, 0.29) is 11.8 Å². The van der Waals surface area contributed by atoms with E-state index in [1.807, 2.05) is 6.92 Å². The molecule has 2 rings (SSSR count). The first kappa shape index (κ1) is 12.8. The zero-order chi connectivity index (χ0) is 13.1. The Balaban J connectivity index is 2.18. The van der Waals surface area contributed by atoms with Crippen LogP contribution in [-0.4, -0.2) is 28.9 Å². The molecule has 2 heterocycles. The van der Waals surface area contributed by atoms with Gasteiger partial charge in [-0.15, -0.1) is 0 Å². The first-order valence-corrected chi connectivity index (χ1v) is 6.30. The van der Waals surface area contributed by atoms with Crippen LogP contribution in [0, 0.1) is 24.2 Å². The number of nitrogens with zero attached hydrogens (tertiary/aromatic N) is 3. The maximum atomic E-state index is 12.3. The molecule has 0 radical (unpaired) electrons. The van der Waals surface area contributed by atoms with Crippen molar-refractivity contribution in [3.8, 4) is 6.07 Å². The van der Waals surface area contributed by atoms with Crippen LogP contribution in [0.1, 0.15) is 28.9 Å². The van der Waals surface area contributed by atoms with Crippen molar-refractivity contribution < 1.29 is 4.79 Å². The van der Waals surface area contributed by atoms with E-state index in [0.29, 0.717) is 23.7 Å². The van der Waals surface area contributed by atoms with Gasteiger partial charge in [-0.05, 0) is 25.8 Å². The van der Waals surface area contributed by atoms with E-state index in [9.17, 15) is 4.79 Å². The van der Waals surface area contributed by atoms with Gasteiger partial charge in [-0.2, -0.15) is 5.26 Å². The zero-order valence-corrected chi connectivity index (χ0v) is 10.9. The number of halogens is 1. The van der Waals surface area contributed by atoms with Crippen molar-refractivity contribution in [3.05, 3.63) is 28.5 Å². The number of carbonyl (C=O) groups is 1. The van der Waals surface area contributed by atoms with Gasteiger partial charge >= 0.3 is 0 Å². The van der Waals surface area contributed by atoms with Gasteiger partial charge < -0.3 is 4.90 Å². The highest BCUT2D eigenvalue weighted by Gasteiger charge is 2.25. The second-order valence-electron chi connectivity index (χ2n) is 4.52. The highest BCUT2D eigenvalue weighted by Crippen LogP contribution is 2.22. The number of hydrogen-bond donors (Lipinski definition) is 0. The largest absolute Gasteiger partial charge is 0.337 e. The third kappa shape index (κ3) is 2.62. The summed E-state index contributed by atoms with van der Waals surface area (Å²) in [5, 5.41) is 9.35. The molecule has 1 saturated heterocycles. The van der Waals surface area contributed by atoms with Crippen molar-refractivity contribution in [1.82, 2.24) is 9.88 Å². The Kier molecular flexibility index (Phi) is 3.83. The van der Waals surface area contributed by atoms with Crippen LogP contribution >= 0.6 is 11.6 Å². The SMILES string of the molecule is Cc1cc(Cl)c(C(=O)N2CCCC(C#N)C2)cn1. The van der Waals surface area contributed by atoms with Crippen LogP contribution in [0.25, 0.3) is 0 Å². The van der Waals surface area contributed by atoms with E-state index in [0.717, 1.165) is 18.5 Å². The predicted molar refractivity (Wildman–Crippen MR) is 68.2 cm³/mol. The summed E-state index contributed by atoms with van der Waals surface area (Å²) in [4.78, 5) is 18.1. The molecule has 1 atom stereocenters. The first-order chi connectivity index (χ1) is 8.61. The second-order valence-corrected chi connectivity index (χ2v) is 4.93. The summed E-state index contributed by atoms with van der Waals surface area (Å²) in [6.07, 6.45) is 3.23. The Hall–Kier alpha value is -1.60. The topological polar surface area (TPSA) is 57.0 Å². The van der Waals surface area contributed by atoms with E-state index < -0.39 is 0 Å². The molecular weight excluding hydrogens is 250 g/mol. The van der Waals surface area contributed by atoms with Gasteiger partial charge in [0.2, 0.25) is 0 Å². The molecule has 5 heteroatoms. The Morgan fingerprint density at radius 3 is 3.11 bits per heavy atom. The molecule has 1 aliphatic rings. The predicted octanol–water partition coefficient (Wildman–Crippen LogP) is 2.42. The Morgan fingerprint density at radius 2 is 2.44 bits per heavy atom. The Bertz CT molecular complexity index is 509. The molecule has 94 valence electrons. The molecule has 1 amide bonds. The normalized spacial score (nSPS) is 19.4.